The summed E-state index contributed by atoms with van der Waals surface area (Å²) in [6, 6.07) is 23.3. The second kappa shape index (κ2) is 13.6. The van der Waals surface area contributed by atoms with Gasteiger partial charge < -0.3 is 14.8 Å². The molecule has 0 saturated heterocycles. The molecule has 4 rings (SSSR count). The van der Waals surface area contributed by atoms with E-state index < -0.39 is 21.5 Å². The van der Waals surface area contributed by atoms with Crippen LogP contribution in [0.5, 0.6) is 0 Å². The third kappa shape index (κ3) is 9.23. The Balaban J connectivity index is 0.000000336. The van der Waals surface area contributed by atoms with Crippen LogP contribution in [0, 0.1) is 6.92 Å². The zero-order chi connectivity index (χ0) is 29.3. The van der Waals surface area contributed by atoms with Crippen molar-refractivity contribution in [2.45, 2.75) is 63.4 Å². The molecule has 0 aromatic heterocycles. The van der Waals surface area contributed by atoms with E-state index in [0.29, 0.717) is 37.3 Å². The van der Waals surface area contributed by atoms with Crippen molar-refractivity contribution in [2.24, 2.45) is 0 Å². The minimum atomic E-state index is -3.02. The third-order valence-corrected chi connectivity index (χ3v) is 7.42. The van der Waals surface area contributed by atoms with Crippen LogP contribution in [0.2, 0.25) is 0 Å². The molecule has 7 nitrogen and oxygen atoms in total. The number of alkyl carbamates (subject to hydrolysis) is 1. The summed E-state index contributed by atoms with van der Waals surface area (Å²) in [7, 11) is -3.02. The van der Waals surface area contributed by atoms with Gasteiger partial charge in [0, 0.05) is 25.1 Å². The van der Waals surface area contributed by atoms with Gasteiger partial charge in [0.15, 0.2) is 9.84 Å². The number of nitrogens with one attached hydrogen (secondary N) is 1. The Morgan fingerprint density at radius 3 is 1.93 bits per heavy atom. The summed E-state index contributed by atoms with van der Waals surface area (Å²) in [5, 5.41) is 2.76. The van der Waals surface area contributed by atoms with Gasteiger partial charge in [-0.3, -0.25) is 4.79 Å². The number of benzene rings is 3. The zero-order valence-corrected chi connectivity index (χ0v) is 24.7. The highest BCUT2D eigenvalue weighted by Gasteiger charge is 2.29. The van der Waals surface area contributed by atoms with Gasteiger partial charge in [-0.05, 0) is 74.9 Å². The highest BCUT2D eigenvalue weighted by molar-refractivity contribution is 7.90. The molecule has 0 aliphatic heterocycles. The number of ether oxygens (including phenoxy) is 2. The van der Waals surface area contributed by atoms with E-state index in [4.69, 9.17) is 9.47 Å². The molecule has 8 heteroatoms. The van der Waals surface area contributed by atoms with Crippen molar-refractivity contribution in [1.82, 2.24) is 5.32 Å². The topological polar surface area (TPSA) is 98.8 Å². The quantitative estimate of drug-likeness (QED) is 0.249. The van der Waals surface area contributed by atoms with Crippen molar-refractivity contribution in [1.29, 1.82) is 0 Å². The number of fused-ring (bicyclic) bond motifs is 3. The van der Waals surface area contributed by atoms with Crippen LogP contribution in [0.25, 0.3) is 11.1 Å². The minimum absolute atomic E-state index is 0.0559. The Morgan fingerprint density at radius 2 is 1.40 bits per heavy atom. The Kier molecular flexibility index (Phi) is 10.5. The van der Waals surface area contributed by atoms with E-state index in [1.165, 1.54) is 28.5 Å². The highest BCUT2D eigenvalue weighted by Crippen LogP contribution is 2.44. The summed E-state index contributed by atoms with van der Waals surface area (Å²) in [5.41, 5.74) is 5.41. The number of carbonyl (C=O) groups is 2. The number of rotatable bonds is 8. The monoisotopic (exact) mass is 565 g/mol. The van der Waals surface area contributed by atoms with Gasteiger partial charge in [0.1, 0.15) is 12.2 Å². The smallest absolute Gasteiger partial charge is 0.407 e. The molecule has 0 unspecified atom stereocenters. The molecule has 0 saturated carbocycles. The Morgan fingerprint density at radius 1 is 0.850 bits per heavy atom. The Bertz CT molecular complexity index is 1360. The maximum Gasteiger partial charge on any atom is 0.407 e. The first-order valence-corrected chi connectivity index (χ1v) is 15.3. The predicted molar refractivity (Wildman–Crippen MR) is 157 cm³/mol. The van der Waals surface area contributed by atoms with Gasteiger partial charge in [-0.15, -0.1) is 0 Å². The molecule has 214 valence electrons. The van der Waals surface area contributed by atoms with Crippen molar-refractivity contribution >= 4 is 21.9 Å². The fraction of sp³-hybridized carbons (Fsp3) is 0.375. The average molecular weight is 566 g/mol. The Hall–Kier alpha value is -3.65. The molecule has 1 N–H and O–H groups in total. The van der Waals surface area contributed by atoms with Gasteiger partial charge in [-0.25, -0.2) is 13.2 Å². The molecule has 0 heterocycles. The lowest BCUT2D eigenvalue weighted by Crippen LogP contribution is -2.27. The van der Waals surface area contributed by atoms with Crippen molar-refractivity contribution in [2.75, 3.05) is 19.4 Å². The van der Waals surface area contributed by atoms with Gasteiger partial charge in [0.05, 0.1) is 4.90 Å². The van der Waals surface area contributed by atoms with E-state index in [0.717, 1.165) is 5.56 Å². The minimum Gasteiger partial charge on any atom is -0.460 e. The summed E-state index contributed by atoms with van der Waals surface area (Å²) >= 11 is 0. The van der Waals surface area contributed by atoms with E-state index in [-0.39, 0.29) is 11.9 Å². The molecule has 0 fully saturated rings. The first kappa shape index (κ1) is 30.9. The lowest BCUT2D eigenvalue weighted by molar-refractivity contribution is -0.154. The molecule has 3 aromatic carbocycles. The van der Waals surface area contributed by atoms with Crippen molar-refractivity contribution in [3.8, 4) is 11.1 Å². The number of sulfone groups is 1. The van der Waals surface area contributed by atoms with Gasteiger partial charge in [0.2, 0.25) is 0 Å². The van der Waals surface area contributed by atoms with Crippen LogP contribution in [0.3, 0.4) is 0 Å². The Labute approximate surface area is 237 Å². The highest BCUT2D eigenvalue weighted by atomic mass is 32.2. The van der Waals surface area contributed by atoms with Gasteiger partial charge in [-0.2, -0.15) is 0 Å². The van der Waals surface area contributed by atoms with Crippen LogP contribution in [-0.4, -0.2) is 45.5 Å². The number of hydrogen-bond donors (Lipinski definition) is 1. The van der Waals surface area contributed by atoms with E-state index >= 15 is 0 Å². The molecular formula is C32H39NO6S. The first-order valence-electron chi connectivity index (χ1n) is 13.4. The summed E-state index contributed by atoms with van der Waals surface area (Å²) in [4.78, 5) is 24.1. The van der Waals surface area contributed by atoms with Crippen molar-refractivity contribution in [3.63, 3.8) is 0 Å². The molecule has 3 aromatic rings. The molecule has 1 aliphatic rings. The fourth-order valence-corrected chi connectivity index (χ4v) is 5.04. The van der Waals surface area contributed by atoms with Gasteiger partial charge >= 0.3 is 12.1 Å². The summed E-state index contributed by atoms with van der Waals surface area (Å²) in [5.74, 6) is -0.154. The normalized spacial score (nSPS) is 12.4. The maximum absolute atomic E-state index is 12.1. The van der Waals surface area contributed by atoms with E-state index in [2.05, 4.69) is 29.6 Å². The van der Waals surface area contributed by atoms with Gasteiger partial charge in [0.25, 0.3) is 0 Å². The van der Waals surface area contributed by atoms with Crippen LogP contribution in [-0.2, 0) is 24.1 Å². The van der Waals surface area contributed by atoms with E-state index in [9.17, 15) is 18.0 Å². The molecule has 0 spiro atoms. The fourth-order valence-electron chi connectivity index (χ4n) is 4.41. The largest absolute Gasteiger partial charge is 0.460 e. The van der Waals surface area contributed by atoms with Crippen molar-refractivity contribution < 1.29 is 27.5 Å². The average Bonchev–Trinajstić information content (AvgIpc) is 3.20. The van der Waals surface area contributed by atoms with Gasteiger partial charge in [-0.1, -0.05) is 66.2 Å². The molecule has 0 radical (unpaired) electrons. The maximum atomic E-state index is 12.1. The molecule has 40 heavy (non-hydrogen) atoms. The lowest BCUT2D eigenvalue weighted by atomic mass is 9.98. The molecule has 0 atom stereocenters. The summed E-state index contributed by atoms with van der Waals surface area (Å²) in [6.45, 7) is 8.25. The number of carbonyl (C=O) groups excluding carboxylic acids is 2. The SMILES string of the molecule is CC(C)(C)OC(=O)CCCCNC(=O)OCC1c2ccccc2-c2ccccc21.Cc1ccc(S(C)(=O)=O)cc1. The van der Waals surface area contributed by atoms with Crippen LogP contribution >= 0.6 is 0 Å². The number of amides is 1. The third-order valence-electron chi connectivity index (χ3n) is 6.29. The molecule has 1 aliphatic carbocycles. The zero-order valence-electron chi connectivity index (χ0n) is 23.9. The summed E-state index contributed by atoms with van der Waals surface area (Å²) in [6.07, 6.45) is 2.49. The van der Waals surface area contributed by atoms with Crippen molar-refractivity contribution in [3.05, 3.63) is 89.5 Å². The standard InChI is InChI=1S/C24H29NO4.C8H10O2S/c1-24(2,3)29-22(26)14-8-9-15-25-23(27)28-16-21-19-12-6-4-10-17(19)18-11-5-7-13-20(18)21;1-7-3-5-8(6-4-7)11(2,9)10/h4-7,10-13,21H,8-9,14-16H2,1-3H3,(H,25,27);3-6H,1-2H3. The van der Waals surface area contributed by atoms with E-state index in [1.807, 2.05) is 52.0 Å². The first-order chi connectivity index (χ1) is 18.8. The second-order valence-electron chi connectivity index (χ2n) is 10.9. The molecule has 1 amide bonds. The lowest BCUT2D eigenvalue weighted by Gasteiger charge is -2.19. The molecule has 0 bridgehead atoms. The summed E-state index contributed by atoms with van der Waals surface area (Å²) < 4.78 is 32.6. The number of unbranched alkanes of at least 4 members (excludes halogenated alkanes) is 1. The number of aryl methyl sites for hydroxylation is 1. The van der Waals surface area contributed by atoms with Crippen LogP contribution < -0.4 is 5.32 Å². The second-order valence-corrected chi connectivity index (χ2v) is 12.9. The van der Waals surface area contributed by atoms with Crippen LogP contribution in [0.1, 0.15) is 62.6 Å². The van der Waals surface area contributed by atoms with E-state index in [1.54, 1.807) is 24.3 Å². The molecular weight excluding hydrogens is 526 g/mol. The van der Waals surface area contributed by atoms with Crippen LogP contribution in [0.15, 0.2) is 77.7 Å². The van der Waals surface area contributed by atoms with Crippen LogP contribution in [0.4, 0.5) is 4.79 Å². The number of esters is 1. The number of hydrogen-bond acceptors (Lipinski definition) is 6. The predicted octanol–water partition coefficient (Wildman–Crippen LogP) is 6.44.